The van der Waals surface area contributed by atoms with Crippen molar-refractivity contribution in [2.75, 3.05) is 13.2 Å². The fourth-order valence-corrected chi connectivity index (χ4v) is 5.30. The van der Waals surface area contributed by atoms with Gasteiger partial charge in [0.2, 0.25) is 0 Å². The van der Waals surface area contributed by atoms with Gasteiger partial charge in [0, 0.05) is 12.6 Å². The average molecular weight is 265 g/mol. The van der Waals surface area contributed by atoms with E-state index in [0.717, 1.165) is 19.1 Å². The molecule has 3 aliphatic rings. The summed E-state index contributed by atoms with van der Waals surface area (Å²) in [5.74, 6) is 0.936. The summed E-state index contributed by atoms with van der Waals surface area (Å²) in [5, 5.41) is 3.84. The molecule has 0 aliphatic heterocycles. The minimum absolute atomic E-state index is 0.473. The molecule has 2 bridgehead atoms. The van der Waals surface area contributed by atoms with Gasteiger partial charge in [-0.2, -0.15) is 0 Å². The van der Waals surface area contributed by atoms with Crippen molar-refractivity contribution >= 4 is 0 Å². The van der Waals surface area contributed by atoms with Crippen molar-refractivity contribution in [3.8, 4) is 0 Å². The molecule has 19 heavy (non-hydrogen) atoms. The maximum Gasteiger partial charge on any atom is 0.0594 e. The van der Waals surface area contributed by atoms with Crippen LogP contribution in [0.1, 0.15) is 65.7 Å². The predicted octanol–water partition coefficient (Wildman–Crippen LogP) is 3.75. The van der Waals surface area contributed by atoms with Crippen molar-refractivity contribution in [1.29, 1.82) is 0 Å². The van der Waals surface area contributed by atoms with E-state index >= 15 is 0 Å². The van der Waals surface area contributed by atoms with Crippen molar-refractivity contribution in [3.63, 3.8) is 0 Å². The molecule has 2 nitrogen and oxygen atoms in total. The minimum atomic E-state index is 0.473. The molecule has 0 heterocycles. The van der Waals surface area contributed by atoms with Crippen LogP contribution in [0.2, 0.25) is 0 Å². The van der Waals surface area contributed by atoms with E-state index in [2.05, 4.69) is 26.1 Å². The maximum atomic E-state index is 5.98. The van der Waals surface area contributed by atoms with Gasteiger partial charge in [-0.1, -0.05) is 33.6 Å². The second kappa shape index (κ2) is 5.04. The Morgan fingerprint density at radius 1 is 1.11 bits per heavy atom. The molecule has 3 aliphatic carbocycles. The molecule has 110 valence electrons. The highest BCUT2D eigenvalue weighted by Gasteiger charge is 2.58. The van der Waals surface area contributed by atoms with Crippen LogP contribution < -0.4 is 5.32 Å². The molecular weight excluding hydrogens is 234 g/mol. The Balaban J connectivity index is 1.46. The van der Waals surface area contributed by atoms with Gasteiger partial charge in [0.05, 0.1) is 12.7 Å². The zero-order chi connectivity index (χ0) is 13.5. The lowest BCUT2D eigenvalue weighted by Gasteiger charge is -2.43. The summed E-state index contributed by atoms with van der Waals surface area (Å²) >= 11 is 0. The highest BCUT2D eigenvalue weighted by atomic mass is 16.5. The summed E-state index contributed by atoms with van der Waals surface area (Å²) in [6, 6.07) is 0.686. The topological polar surface area (TPSA) is 21.3 Å². The quantitative estimate of drug-likeness (QED) is 0.764. The first-order valence-electron chi connectivity index (χ1n) is 8.37. The number of rotatable bonds is 5. The molecule has 0 spiro atoms. The lowest BCUT2D eigenvalue weighted by atomic mass is 9.68. The van der Waals surface area contributed by atoms with Gasteiger partial charge in [-0.15, -0.1) is 0 Å². The van der Waals surface area contributed by atoms with E-state index in [1.54, 1.807) is 0 Å². The van der Waals surface area contributed by atoms with Crippen molar-refractivity contribution in [2.45, 2.75) is 77.9 Å². The van der Waals surface area contributed by atoms with Gasteiger partial charge in [-0.25, -0.2) is 0 Å². The first-order valence-corrected chi connectivity index (χ1v) is 8.37. The van der Waals surface area contributed by atoms with Crippen molar-refractivity contribution in [2.24, 2.45) is 16.7 Å². The van der Waals surface area contributed by atoms with Crippen molar-refractivity contribution in [3.05, 3.63) is 0 Å². The molecule has 3 rings (SSSR count). The standard InChI is InChI=1S/C17H31NO/c1-16(2)13-8-9-17(3,12-13)15(16)18-10-11-19-14-6-4-5-7-14/h13-15,18H,4-12H2,1-3H3. The normalized spacial score (nSPS) is 41.2. The third-order valence-electron chi connectivity index (χ3n) is 6.38. The van der Waals surface area contributed by atoms with Gasteiger partial charge in [-0.05, 0) is 48.9 Å². The van der Waals surface area contributed by atoms with Gasteiger partial charge in [0.25, 0.3) is 0 Å². The van der Waals surface area contributed by atoms with Gasteiger partial charge >= 0.3 is 0 Å². The molecule has 2 heteroatoms. The van der Waals surface area contributed by atoms with Crippen LogP contribution in [0.3, 0.4) is 0 Å². The Morgan fingerprint density at radius 3 is 2.47 bits per heavy atom. The third-order valence-corrected chi connectivity index (χ3v) is 6.38. The van der Waals surface area contributed by atoms with E-state index in [0.29, 0.717) is 23.0 Å². The van der Waals surface area contributed by atoms with Crippen LogP contribution in [-0.4, -0.2) is 25.3 Å². The maximum absolute atomic E-state index is 5.98. The first kappa shape index (κ1) is 13.9. The highest BCUT2D eigenvalue weighted by Crippen LogP contribution is 2.62. The lowest BCUT2D eigenvalue weighted by molar-refractivity contribution is 0.0471. The summed E-state index contributed by atoms with van der Waals surface area (Å²) in [6.07, 6.45) is 10.2. The van der Waals surface area contributed by atoms with Crippen molar-refractivity contribution < 1.29 is 4.74 Å². The molecule has 3 saturated carbocycles. The highest BCUT2D eigenvalue weighted by molar-refractivity contribution is 5.11. The monoisotopic (exact) mass is 265 g/mol. The zero-order valence-electron chi connectivity index (χ0n) is 13.0. The summed E-state index contributed by atoms with van der Waals surface area (Å²) in [7, 11) is 0. The summed E-state index contributed by atoms with van der Waals surface area (Å²) in [6.45, 7) is 9.37. The average Bonchev–Trinajstić information content (AvgIpc) is 3.01. The van der Waals surface area contributed by atoms with Crippen LogP contribution in [0.5, 0.6) is 0 Å². The number of hydrogen-bond acceptors (Lipinski definition) is 2. The fourth-order valence-electron chi connectivity index (χ4n) is 5.30. The van der Waals surface area contributed by atoms with Crippen LogP contribution in [0.15, 0.2) is 0 Å². The van der Waals surface area contributed by atoms with Crippen LogP contribution in [0.4, 0.5) is 0 Å². The molecular formula is C17H31NO. The van der Waals surface area contributed by atoms with E-state index in [1.807, 2.05) is 0 Å². The summed E-state index contributed by atoms with van der Waals surface area (Å²) in [5.41, 5.74) is 1.02. The molecule has 0 aromatic carbocycles. The van der Waals surface area contributed by atoms with Crippen LogP contribution in [-0.2, 0) is 4.74 Å². The van der Waals surface area contributed by atoms with E-state index < -0.39 is 0 Å². The Labute approximate surface area is 118 Å². The Morgan fingerprint density at radius 2 is 1.84 bits per heavy atom. The first-order chi connectivity index (χ1) is 9.02. The van der Waals surface area contributed by atoms with Gasteiger partial charge in [0.1, 0.15) is 0 Å². The Bertz CT molecular complexity index is 316. The lowest BCUT2D eigenvalue weighted by Crippen LogP contribution is -2.51. The second-order valence-corrected chi connectivity index (χ2v) is 8.08. The largest absolute Gasteiger partial charge is 0.377 e. The van der Waals surface area contributed by atoms with E-state index in [-0.39, 0.29) is 0 Å². The molecule has 3 fully saturated rings. The molecule has 3 atom stereocenters. The third kappa shape index (κ3) is 2.47. The Kier molecular flexibility index (Phi) is 3.68. The van der Waals surface area contributed by atoms with Crippen LogP contribution >= 0.6 is 0 Å². The molecule has 0 aromatic heterocycles. The van der Waals surface area contributed by atoms with Crippen molar-refractivity contribution in [1.82, 2.24) is 5.32 Å². The molecule has 1 N–H and O–H groups in total. The zero-order valence-corrected chi connectivity index (χ0v) is 13.0. The number of hydrogen-bond donors (Lipinski definition) is 1. The van der Waals surface area contributed by atoms with E-state index in [9.17, 15) is 0 Å². The number of nitrogens with one attached hydrogen (secondary N) is 1. The minimum Gasteiger partial charge on any atom is -0.377 e. The molecule has 3 unspecified atom stereocenters. The van der Waals surface area contributed by atoms with Gasteiger partial charge < -0.3 is 10.1 Å². The second-order valence-electron chi connectivity index (χ2n) is 8.08. The van der Waals surface area contributed by atoms with Crippen LogP contribution in [0.25, 0.3) is 0 Å². The predicted molar refractivity (Wildman–Crippen MR) is 79.2 cm³/mol. The number of ether oxygens (including phenoxy) is 1. The van der Waals surface area contributed by atoms with E-state index in [1.165, 1.54) is 44.9 Å². The molecule has 0 amide bonds. The number of fused-ring (bicyclic) bond motifs is 2. The Hall–Kier alpha value is -0.0800. The van der Waals surface area contributed by atoms with E-state index in [4.69, 9.17) is 4.74 Å². The molecule has 0 aromatic rings. The SMILES string of the molecule is CC12CCC(C1)C(C)(C)C2NCCOC1CCCC1. The summed E-state index contributed by atoms with van der Waals surface area (Å²) < 4.78 is 5.98. The van der Waals surface area contributed by atoms with Crippen LogP contribution in [0, 0.1) is 16.7 Å². The van der Waals surface area contributed by atoms with Gasteiger partial charge in [0.15, 0.2) is 0 Å². The summed E-state index contributed by atoms with van der Waals surface area (Å²) in [4.78, 5) is 0. The fraction of sp³-hybridized carbons (Fsp3) is 1.00. The molecule has 0 saturated heterocycles. The van der Waals surface area contributed by atoms with Gasteiger partial charge in [-0.3, -0.25) is 0 Å². The smallest absolute Gasteiger partial charge is 0.0594 e. The molecule has 0 radical (unpaired) electrons.